The van der Waals surface area contributed by atoms with Gasteiger partial charge in [0.2, 0.25) is 0 Å². The summed E-state index contributed by atoms with van der Waals surface area (Å²) in [5, 5.41) is 22.9. The van der Waals surface area contributed by atoms with Crippen LogP contribution in [-0.2, 0) is 0 Å². The van der Waals surface area contributed by atoms with Crippen molar-refractivity contribution in [3.63, 3.8) is 0 Å². The molecule has 0 amide bonds. The van der Waals surface area contributed by atoms with Gasteiger partial charge in [-0.3, -0.25) is 0 Å². The maximum atomic E-state index is 10.4. The first kappa shape index (κ1) is 28.2. The van der Waals surface area contributed by atoms with Crippen molar-refractivity contribution < 1.29 is 54.8 Å². The zero-order valence-corrected chi connectivity index (χ0v) is 21.0. The molecule has 33 heavy (non-hydrogen) atoms. The van der Waals surface area contributed by atoms with Crippen molar-refractivity contribution in [1.29, 1.82) is 0 Å². The molecule has 4 aromatic carbocycles. The Labute approximate surface area is 216 Å². The molecule has 0 aliphatic carbocycles. The number of carboxylic acids is 2. The Hall–Kier alpha value is -2.79. The number of carbonyl (C=O) groups is 2. The minimum atomic E-state index is -1.38. The summed E-state index contributed by atoms with van der Waals surface area (Å²) in [6, 6.07) is 37.3. The van der Waals surface area contributed by atoms with Crippen molar-refractivity contribution in [1.82, 2.24) is 0 Å². The second kappa shape index (κ2) is 14.4. The van der Waals surface area contributed by atoms with Gasteiger partial charge in [0.05, 0.1) is 11.5 Å². The number of rotatable bonds is 5. The van der Waals surface area contributed by atoms with E-state index in [1.807, 2.05) is 0 Å². The molecule has 162 valence electrons. The van der Waals surface area contributed by atoms with E-state index in [1.165, 1.54) is 34.1 Å². The number of carbonyl (C=O) groups excluding carboxylic acids is 1. The average Bonchev–Trinajstić information content (AvgIpc) is 2.82. The van der Waals surface area contributed by atoms with E-state index in [4.69, 9.17) is 5.11 Å². The standard InChI is InChI=1S/C18H15P.C8H6O4.Na.H2O/c1-4-10-16(11-5-1)19(17-12-6-2-7-13-17)18-14-8-3-9-15-18;9-7(10)5-2-1-3-6(4-5)8(11)12;;/h1-15H;1-4H,(H,9,10)(H,11,12);;1H2/q;;+1;/p-1. The van der Waals surface area contributed by atoms with E-state index in [2.05, 4.69) is 91.0 Å². The number of hydrogen-bond donors (Lipinski definition) is 1. The first-order valence-corrected chi connectivity index (χ1v) is 10.9. The van der Waals surface area contributed by atoms with Crippen molar-refractivity contribution in [3.05, 3.63) is 126 Å². The number of hydrogen-bond acceptors (Lipinski definition) is 3. The maximum Gasteiger partial charge on any atom is 1.00 e. The van der Waals surface area contributed by atoms with Gasteiger partial charge < -0.3 is 20.5 Å². The van der Waals surface area contributed by atoms with Gasteiger partial charge in [-0.25, -0.2) is 4.79 Å². The third-order valence-corrected chi connectivity index (χ3v) is 6.83. The van der Waals surface area contributed by atoms with Crippen LogP contribution in [0.4, 0.5) is 0 Å². The van der Waals surface area contributed by atoms with Crippen LogP contribution >= 0.6 is 7.92 Å². The number of benzene rings is 4. The molecular formula is C26H22NaO5P. The van der Waals surface area contributed by atoms with Crippen LogP contribution in [0.1, 0.15) is 20.7 Å². The van der Waals surface area contributed by atoms with E-state index in [9.17, 15) is 14.7 Å². The van der Waals surface area contributed by atoms with Crippen LogP contribution in [0.3, 0.4) is 0 Å². The molecule has 3 N–H and O–H groups in total. The Morgan fingerprint density at radius 3 is 1.30 bits per heavy atom. The molecule has 4 aromatic rings. The van der Waals surface area contributed by atoms with Crippen molar-refractivity contribution in [2.24, 2.45) is 0 Å². The quantitative estimate of drug-likeness (QED) is 0.311. The first-order chi connectivity index (χ1) is 15.1. The SMILES string of the molecule is O.O=C([O-])c1cccc(C(=O)O)c1.[Na+].c1ccc(P(c2ccccc2)c2ccccc2)cc1. The molecule has 0 unspecified atom stereocenters. The molecule has 4 rings (SSSR count). The van der Waals surface area contributed by atoms with E-state index >= 15 is 0 Å². The summed E-state index contributed by atoms with van der Waals surface area (Å²) < 4.78 is 0. The van der Waals surface area contributed by atoms with Gasteiger partial charge in [0.1, 0.15) is 0 Å². The Kier molecular flexibility index (Phi) is 12.3. The molecule has 0 spiro atoms. The van der Waals surface area contributed by atoms with E-state index in [-0.39, 0.29) is 46.2 Å². The van der Waals surface area contributed by atoms with Crippen LogP contribution < -0.4 is 50.6 Å². The summed E-state index contributed by atoms with van der Waals surface area (Å²) in [6.45, 7) is 0. The molecule has 0 saturated carbocycles. The summed E-state index contributed by atoms with van der Waals surface area (Å²) in [7, 11) is -0.446. The summed E-state index contributed by atoms with van der Waals surface area (Å²) in [5.74, 6) is -2.53. The van der Waals surface area contributed by atoms with Gasteiger partial charge in [-0.05, 0) is 41.5 Å². The van der Waals surface area contributed by atoms with Gasteiger partial charge in [0, 0.05) is 0 Å². The molecule has 0 saturated heterocycles. The van der Waals surface area contributed by atoms with E-state index in [0.717, 1.165) is 6.07 Å². The number of aromatic carboxylic acids is 2. The second-order valence-electron chi connectivity index (χ2n) is 6.52. The van der Waals surface area contributed by atoms with Gasteiger partial charge in [-0.15, -0.1) is 0 Å². The Bertz CT molecular complexity index is 1020. The van der Waals surface area contributed by atoms with Gasteiger partial charge in [-0.1, -0.05) is 103 Å². The Morgan fingerprint density at radius 2 is 0.970 bits per heavy atom. The van der Waals surface area contributed by atoms with E-state index in [1.54, 1.807) is 0 Å². The molecule has 0 aromatic heterocycles. The smallest absolute Gasteiger partial charge is 0.545 e. The molecule has 0 aliphatic rings. The normalized spacial score (nSPS) is 9.48. The zero-order valence-electron chi connectivity index (χ0n) is 18.1. The fourth-order valence-corrected chi connectivity index (χ4v) is 5.26. The second-order valence-corrected chi connectivity index (χ2v) is 8.74. The maximum absolute atomic E-state index is 10.4. The third-order valence-electron chi connectivity index (χ3n) is 4.39. The predicted octanol–water partition coefficient (Wildman–Crippen LogP) is -0.628. The summed E-state index contributed by atoms with van der Waals surface area (Å²) in [5.41, 5.74) is -0.188. The van der Waals surface area contributed by atoms with Crippen LogP contribution in [0.25, 0.3) is 0 Å². The Balaban J connectivity index is 0.000000342. The molecule has 0 bridgehead atoms. The fourth-order valence-electron chi connectivity index (χ4n) is 2.96. The van der Waals surface area contributed by atoms with Crippen LogP contribution in [-0.4, -0.2) is 22.5 Å². The van der Waals surface area contributed by atoms with Gasteiger partial charge in [-0.2, -0.15) is 0 Å². The number of carboxylic acid groups (broad SMARTS) is 2. The third kappa shape index (κ3) is 8.25. The predicted molar refractivity (Wildman–Crippen MR) is 126 cm³/mol. The van der Waals surface area contributed by atoms with Crippen LogP contribution in [0.5, 0.6) is 0 Å². The van der Waals surface area contributed by atoms with Gasteiger partial charge in [0.15, 0.2) is 0 Å². The largest absolute Gasteiger partial charge is 1.00 e. The average molecular weight is 468 g/mol. The molecule has 0 atom stereocenters. The molecule has 7 heteroatoms. The summed E-state index contributed by atoms with van der Waals surface area (Å²) in [6.07, 6.45) is 0. The fraction of sp³-hybridized carbons (Fsp3) is 0. The van der Waals surface area contributed by atoms with Crippen molar-refractivity contribution in [2.75, 3.05) is 0 Å². The van der Waals surface area contributed by atoms with Crippen molar-refractivity contribution in [2.45, 2.75) is 0 Å². The first-order valence-electron chi connectivity index (χ1n) is 9.56. The summed E-state index contributed by atoms with van der Waals surface area (Å²) >= 11 is 0. The van der Waals surface area contributed by atoms with E-state index < -0.39 is 19.9 Å². The monoisotopic (exact) mass is 468 g/mol. The molecule has 0 heterocycles. The molecule has 5 nitrogen and oxygen atoms in total. The minimum absolute atomic E-state index is 0. The molecular weight excluding hydrogens is 446 g/mol. The van der Waals surface area contributed by atoms with Gasteiger partial charge >= 0.3 is 35.5 Å². The zero-order chi connectivity index (χ0) is 22.1. The van der Waals surface area contributed by atoms with Crippen molar-refractivity contribution >= 4 is 35.8 Å². The molecule has 0 fully saturated rings. The Morgan fingerprint density at radius 1 is 0.606 bits per heavy atom. The topological polar surface area (TPSA) is 109 Å². The summed E-state index contributed by atoms with van der Waals surface area (Å²) in [4.78, 5) is 20.6. The minimum Gasteiger partial charge on any atom is -0.545 e. The van der Waals surface area contributed by atoms with Crippen LogP contribution in [0, 0.1) is 0 Å². The van der Waals surface area contributed by atoms with Crippen LogP contribution in [0.15, 0.2) is 115 Å². The van der Waals surface area contributed by atoms with Crippen LogP contribution in [0.2, 0.25) is 0 Å². The molecule has 0 aliphatic heterocycles. The molecule has 0 radical (unpaired) electrons. The van der Waals surface area contributed by atoms with Crippen molar-refractivity contribution in [3.8, 4) is 0 Å². The van der Waals surface area contributed by atoms with E-state index in [0.29, 0.717) is 0 Å². The van der Waals surface area contributed by atoms with Gasteiger partial charge in [0.25, 0.3) is 0 Å².